The van der Waals surface area contributed by atoms with Crippen LogP contribution in [0.2, 0.25) is 0 Å². The Morgan fingerprint density at radius 3 is 2.52 bits per heavy atom. The Labute approximate surface area is 168 Å². The molecule has 0 radical (unpaired) electrons. The zero-order valence-electron chi connectivity index (χ0n) is 16.0. The van der Waals surface area contributed by atoms with Gasteiger partial charge in [0, 0.05) is 6.42 Å². The quantitative estimate of drug-likeness (QED) is 0.700. The molecule has 2 N–H and O–H groups in total. The number of hydrogen-bond acceptors (Lipinski definition) is 7. The van der Waals surface area contributed by atoms with Crippen LogP contribution in [0.15, 0.2) is 58.5 Å². The van der Waals surface area contributed by atoms with E-state index in [9.17, 15) is 23.1 Å². The monoisotopic (exact) mass is 415 g/mol. The average molecular weight is 415 g/mol. The van der Waals surface area contributed by atoms with E-state index in [4.69, 9.17) is 0 Å². The summed E-state index contributed by atoms with van der Waals surface area (Å²) in [6.07, 6.45) is 0.101. The Balaban J connectivity index is 1.88. The van der Waals surface area contributed by atoms with Crippen LogP contribution in [-0.4, -0.2) is 42.7 Å². The SMILES string of the molecule is CCS(=O)(=O)c1ccc(O)c(NC(=O)C2=NN(c3ccccc3)[C@@H](C(C)=O)C2)c1. The number of sulfone groups is 1. The van der Waals surface area contributed by atoms with Crippen molar-refractivity contribution in [2.45, 2.75) is 31.2 Å². The van der Waals surface area contributed by atoms with Crippen molar-refractivity contribution in [2.24, 2.45) is 5.10 Å². The third-order valence-corrected chi connectivity index (χ3v) is 6.35. The van der Waals surface area contributed by atoms with E-state index in [1.54, 1.807) is 24.3 Å². The molecule has 0 aromatic heterocycles. The van der Waals surface area contributed by atoms with E-state index < -0.39 is 21.8 Å². The molecule has 2 aromatic carbocycles. The predicted molar refractivity (Wildman–Crippen MR) is 110 cm³/mol. The number of carbonyl (C=O) groups excluding carboxylic acids is 2. The summed E-state index contributed by atoms with van der Waals surface area (Å²) in [6.45, 7) is 2.94. The normalized spacial score (nSPS) is 16.4. The highest BCUT2D eigenvalue weighted by Gasteiger charge is 2.34. The van der Waals surface area contributed by atoms with Crippen molar-refractivity contribution >= 4 is 38.6 Å². The van der Waals surface area contributed by atoms with Crippen LogP contribution in [0.5, 0.6) is 5.75 Å². The highest BCUT2D eigenvalue weighted by molar-refractivity contribution is 7.91. The first kappa shape index (κ1) is 20.5. The number of ketones is 1. The van der Waals surface area contributed by atoms with Gasteiger partial charge in [-0.3, -0.25) is 14.6 Å². The van der Waals surface area contributed by atoms with Gasteiger partial charge in [-0.15, -0.1) is 0 Å². The molecule has 8 nitrogen and oxygen atoms in total. The van der Waals surface area contributed by atoms with Gasteiger partial charge in [-0.05, 0) is 37.3 Å². The maximum atomic E-state index is 12.7. The molecule has 1 amide bonds. The van der Waals surface area contributed by atoms with Crippen molar-refractivity contribution in [1.82, 2.24) is 0 Å². The van der Waals surface area contributed by atoms with Gasteiger partial charge in [0.25, 0.3) is 5.91 Å². The van der Waals surface area contributed by atoms with Crippen molar-refractivity contribution in [2.75, 3.05) is 16.1 Å². The summed E-state index contributed by atoms with van der Waals surface area (Å²) in [4.78, 5) is 24.7. The fraction of sp³-hybridized carbons (Fsp3) is 0.250. The lowest BCUT2D eigenvalue weighted by Gasteiger charge is -2.20. The summed E-state index contributed by atoms with van der Waals surface area (Å²) in [6, 6.07) is 12.1. The number of hydrazone groups is 1. The molecule has 152 valence electrons. The minimum Gasteiger partial charge on any atom is -0.506 e. The highest BCUT2D eigenvalue weighted by Crippen LogP contribution is 2.29. The first-order valence-electron chi connectivity index (χ1n) is 9.02. The molecule has 3 rings (SSSR count). The Morgan fingerprint density at radius 2 is 1.90 bits per heavy atom. The number of amides is 1. The average Bonchev–Trinajstić information content (AvgIpc) is 3.16. The minimum atomic E-state index is -3.50. The van der Waals surface area contributed by atoms with E-state index in [0.29, 0.717) is 5.69 Å². The number of carbonyl (C=O) groups is 2. The fourth-order valence-electron chi connectivity index (χ4n) is 2.95. The van der Waals surface area contributed by atoms with Gasteiger partial charge in [-0.2, -0.15) is 5.10 Å². The molecule has 1 aliphatic rings. The van der Waals surface area contributed by atoms with Gasteiger partial charge < -0.3 is 10.4 Å². The molecule has 0 aliphatic carbocycles. The van der Waals surface area contributed by atoms with Gasteiger partial charge >= 0.3 is 0 Å². The van der Waals surface area contributed by atoms with E-state index in [0.717, 1.165) is 0 Å². The number of para-hydroxylation sites is 1. The largest absolute Gasteiger partial charge is 0.506 e. The first-order chi connectivity index (χ1) is 13.7. The molecule has 0 fully saturated rings. The van der Waals surface area contributed by atoms with E-state index in [1.165, 1.54) is 37.1 Å². The molecule has 0 bridgehead atoms. The van der Waals surface area contributed by atoms with E-state index in [1.807, 2.05) is 6.07 Å². The molecule has 1 heterocycles. The topological polar surface area (TPSA) is 116 Å². The lowest BCUT2D eigenvalue weighted by atomic mass is 10.1. The third kappa shape index (κ3) is 4.29. The summed E-state index contributed by atoms with van der Waals surface area (Å²) in [5.41, 5.74) is 0.747. The second-order valence-electron chi connectivity index (χ2n) is 6.59. The summed E-state index contributed by atoms with van der Waals surface area (Å²) < 4.78 is 24.1. The van der Waals surface area contributed by atoms with Crippen LogP contribution in [0.3, 0.4) is 0 Å². The molecule has 0 unspecified atom stereocenters. The first-order valence-corrected chi connectivity index (χ1v) is 10.7. The molecule has 0 saturated carbocycles. The van der Waals surface area contributed by atoms with E-state index in [-0.39, 0.29) is 40.0 Å². The van der Waals surface area contributed by atoms with Crippen LogP contribution in [0.4, 0.5) is 11.4 Å². The van der Waals surface area contributed by atoms with Crippen LogP contribution < -0.4 is 10.3 Å². The number of phenols is 1. The molecular weight excluding hydrogens is 394 g/mol. The molecular formula is C20H21N3O5S. The van der Waals surface area contributed by atoms with Crippen LogP contribution in [0.25, 0.3) is 0 Å². The standard InChI is InChI=1S/C20H21N3O5S/c1-3-29(27,28)15-9-10-19(25)16(11-15)21-20(26)17-12-18(13(2)24)23(22-17)14-7-5-4-6-8-14/h4-11,18,25H,3,12H2,1-2H3,(H,21,26)/t18-/m1/s1. The number of nitrogens with zero attached hydrogens (tertiary/aromatic N) is 2. The maximum Gasteiger partial charge on any atom is 0.272 e. The summed E-state index contributed by atoms with van der Waals surface area (Å²) in [7, 11) is -3.50. The van der Waals surface area contributed by atoms with Crippen molar-refractivity contribution in [3.05, 3.63) is 48.5 Å². The predicted octanol–water partition coefficient (Wildman–Crippen LogP) is 2.35. The minimum absolute atomic E-state index is 0.00557. The van der Waals surface area contributed by atoms with E-state index >= 15 is 0 Å². The lowest BCUT2D eigenvalue weighted by molar-refractivity contribution is -0.118. The smallest absolute Gasteiger partial charge is 0.272 e. The number of aromatic hydroxyl groups is 1. The van der Waals surface area contributed by atoms with Crippen LogP contribution in [-0.2, 0) is 19.4 Å². The van der Waals surface area contributed by atoms with Crippen LogP contribution in [0.1, 0.15) is 20.3 Å². The van der Waals surface area contributed by atoms with E-state index in [2.05, 4.69) is 10.4 Å². The number of phenolic OH excluding ortho intramolecular Hbond substituents is 1. The number of anilines is 2. The van der Waals surface area contributed by atoms with Gasteiger partial charge in [0.2, 0.25) is 0 Å². The van der Waals surface area contributed by atoms with Crippen molar-refractivity contribution in [3.8, 4) is 5.75 Å². The second-order valence-corrected chi connectivity index (χ2v) is 8.87. The number of hydrogen-bond donors (Lipinski definition) is 2. The highest BCUT2D eigenvalue weighted by atomic mass is 32.2. The zero-order chi connectivity index (χ0) is 21.2. The number of benzene rings is 2. The van der Waals surface area contributed by atoms with Crippen molar-refractivity contribution in [1.29, 1.82) is 0 Å². The molecule has 29 heavy (non-hydrogen) atoms. The van der Waals surface area contributed by atoms with Crippen LogP contribution in [0, 0.1) is 0 Å². The van der Waals surface area contributed by atoms with Gasteiger partial charge in [0.05, 0.1) is 22.0 Å². The molecule has 1 atom stereocenters. The van der Waals surface area contributed by atoms with Gasteiger partial charge in [-0.1, -0.05) is 25.1 Å². The summed E-state index contributed by atoms with van der Waals surface area (Å²) in [5.74, 6) is -1.13. The van der Waals surface area contributed by atoms with Crippen molar-refractivity contribution < 1.29 is 23.1 Å². The fourth-order valence-corrected chi connectivity index (χ4v) is 3.86. The Morgan fingerprint density at radius 1 is 1.21 bits per heavy atom. The Kier molecular flexibility index (Phi) is 5.69. The number of rotatable bonds is 6. The van der Waals surface area contributed by atoms with Crippen molar-refractivity contribution in [3.63, 3.8) is 0 Å². The number of nitrogens with one attached hydrogen (secondary N) is 1. The molecule has 2 aromatic rings. The van der Waals surface area contributed by atoms with Crippen LogP contribution >= 0.6 is 0 Å². The molecule has 1 aliphatic heterocycles. The summed E-state index contributed by atoms with van der Waals surface area (Å²) in [5, 5.41) is 18.3. The zero-order valence-corrected chi connectivity index (χ0v) is 16.8. The Hall–Kier alpha value is -3.20. The second kappa shape index (κ2) is 8.04. The van der Waals surface area contributed by atoms with Gasteiger partial charge in [0.15, 0.2) is 15.6 Å². The number of Topliss-reactive ketones (excluding diaryl/α,β-unsaturated/α-hetero) is 1. The molecule has 9 heteroatoms. The molecule has 0 spiro atoms. The van der Waals surface area contributed by atoms with Gasteiger partial charge in [0.1, 0.15) is 17.5 Å². The third-order valence-electron chi connectivity index (χ3n) is 4.62. The summed E-state index contributed by atoms with van der Waals surface area (Å²) >= 11 is 0. The molecule has 0 saturated heterocycles. The Bertz CT molecular complexity index is 1080. The lowest BCUT2D eigenvalue weighted by Crippen LogP contribution is -2.33. The maximum absolute atomic E-state index is 12.7. The van der Waals surface area contributed by atoms with Gasteiger partial charge in [-0.25, -0.2) is 8.42 Å².